The summed E-state index contributed by atoms with van der Waals surface area (Å²) in [6.45, 7) is 2.06. The molecule has 0 amide bonds. The molecule has 0 saturated heterocycles. The topological polar surface area (TPSA) is 60.2 Å². The molecule has 0 aliphatic carbocycles. The maximum Gasteiger partial charge on any atom is 0.147 e. The molecule has 102 valence electrons. The van der Waals surface area contributed by atoms with Crippen LogP contribution in [-0.2, 0) is 16.3 Å². The van der Waals surface area contributed by atoms with Gasteiger partial charge in [0.05, 0.1) is 0 Å². The quantitative estimate of drug-likeness (QED) is 0.825. The van der Waals surface area contributed by atoms with Crippen LogP contribution in [0.2, 0.25) is 0 Å². The first-order valence-electron chi connectivity index (χ1n) is 6.35. The van der Waals surface area contributed by atoms with Gasteiger partial charge in [-0.15, -0.1) is 0 Å². The number of hydrogen-bond donors (Lipinski definition) is 1. The van der Waals surface area contributed by atoms with E-state index in [4.69, 9.17) is 5.73 Å². The largest absolute Gasteiger partial charge is 0.325 e. The molecule has 0 aliphatic rings. The standard InChI is InChI=1S/C14H23NO2S/c1-3-14(15,10-7-11-18(2,16)17)12-13-8-5-4-6-9-13/h4-6,8-9H,3,7,10-12,15H2,1-2H3. The minimum absolute atomic E-state index is 0.223. The van der Waals surface area contributed by atoms with E-state index in [9.17, 15) is 8.42 Å². The molecule has 0 aliphatic heterocycles. The van der Waals surface area contributed by atoms with E-state index in [1.807, 2.05) is 18.2 Å². The van der Waals surface area contributed by atoms with Crippen LogP contribution in [0, 0.1) is 0 Å². The zero-order valence-corrected chi connectivity index (χ0v) is 12.0. The first kappa shape index (κ1) is 15.2. The Hall–Kier alpha value is -0.870. The van der Waals surface area contributed by atoms with E-state index < -0.39 is 9.84 Å². The zero-order valence-electron chi connectivity index (χ0n) is 11.2. The predicted molar refractivity (Wildman–Crippen MR) is 76.3 cm³/mol. The Kier molecular flexibility index (Phi) is 5.35. The highest BCUT2D eigenvalue weighted by Crippen LogP contribution is 2.20. The fourth-order valence-electron chi connectivity index (χ4n) is 2.08. The number of nitrogens with two attached hydrogens (primary N) is 1. The third kappa shape index (κ3) is 5.65. The molecule has 18 heavy (non-hydrogen) atoms. The van der Waals surface area contributed by atoms with E-state index in [1.165, 1.54) is 11.8 Å². The monoisotopic (exact) mass is 269 g/mol. The summed E-state index contributed by atoms with van der Waals surface area (Å²) in [5.74, 6) is 0.223. The molecule has 0 fully saturated rings. The molecule has 0 aromatic heterocycles. The average Bonchev–Trinajstić information content (AvgIpc) is 2.28. The van der Waals surface area contributed by atoms with Gasteiger partial charge in [0.2, 0.25) is 0 Å². The normalized spacial score (nSPS) is 15.3. The first-order chi connectivity index (χ1) is 8.35. The van der Waals surface area contributed by atoms with Crippen LogP contribution < -0.4 is 5.73 Å². The molecule has 2 N–H and O–H groups in total. The van der Waals surface area contributed by atoms with E-state index in [-0.39, 0.29) is 11.3 Å². The van der Waals surface area contributed by atoms with Crippen LogP contribution in [0.5, 0.6) is 0 Å². The number of rotatable bonds is 7. The Morgan fingerprint density at radius 1 is 1.22 bits per heavy atom. The average molecular weight is 269 g/mol. The summed E-state index contributed by atoms with van der Waals surface area (Å²) in [4.78, 5) is 0. The second kappa shape index (κ2) is 6.34. The van der Waals surface area contributed by atoms with Gasteiger partial charge >= 0.3 is 0 Å². The van der Waals surface area contributed by atoms with Crippen molar-refractivity contribution in [3.05, 3.63) is 35.9 Å². The third-order valence-electron chi connectivity index (χ3n) is 3.29. The molecule has 1 rings (SSSR count). The van der Waals surface area contributed by atoms with Gasteiger partial charge in [0, 0.05) is 17.5 Å². The van der Waals surface area contributed by atoms with Gasteiger partial charge in [-0.2, -0.15) is 0 Å². The maximum atomic E-state index is 11.1. The van der Waals surface area contributed by atoms with Crippen molar-refractivity contribution < 1.29 is 8.42 Å². The molecule has 1 aromatic rings. The van der Waals surface area contributed by atoms with Crippen molar-refractivity contribution in [2.75, 3.05) is 12.0 Å². The molecule has 1 aromatic carbocycles. The highest BCUT2D eigenvalue weighted by atomic mass is 32.2. The Morgan fingerprint density at radius 3 is 2.33 bits per heavy atom. The van der Waals surface area contributed by atoms with E-state index in [0.717, 1.165) is 19.3 Å². The molecule has 1 unspecified atom stereocenters. The summed E-state index contributed by atoms with van der Waals surface area (Å²) in [6, 6.07) is 10.1. The smallest absolute Gasteiger partial charge is 0.147 e. The molecule has 0 bridgehead atoms. The summed E-state index contributed by atoms with van der Waals surface area (Å²) in [5.41, 5.74) is 7.27. The van der Waals surface area contributed by atoms with E-state index in [0.29, 0.717) is 6.42 Å². The van der Waals surface area contributed by atoms with Crippen LogP contribution in [0.15, 0.2) is 30.3 Å². The van der Waals surface area contributed by atoms with Crippen molar-refractivity contribution in [2.24, 2.45) is 5.73 Å². The summed E-state index contributed by atoms with van der Waals surface area (Å²) in [7, 11) is -2.88. The molecule has 0 spiro atoms. The van der Waals surface area contributed by atoms with Crippen molar-refractivity contribution in [2.45, 2.75) is 38.1 Å². The van der Waals surface area contributed by atoms with Gasteiger partial charge in [0.1, 0.15) is 9.84 Å². The zero-order chi connectivity index (χ0) is 13.6. The van der Waals surface area contributed by atoms with Crippen molar-refractivity contribution in [3.8, 4) is 0 Å². The summed E-state index contributed by atoms with van der Waals surface area (Å²) < 4.78 is 22.2. The third-order valence-corrected chi connectivity index (χ3v) is 4.32. The highest BCUT2D eigenvalue weighted by molar-refractivity contribution is 7.90. The van der Waals surface area contributed by atoms with Crippen molar-refractivity contribution >= 4 is 9.84 Å². The summed E-state index contributed by atoms with van der Waals surface area (Å²) >= 11 is 0. The van der Waals surface area contributed by atoms with Crippen LogP contribution in [-0.4, -0.2) is 26.0 Å². The first-order valence-corrected chi connectivity index (χ1v) is 8.41. The van der Waals surface area contributed by atoms with Gasteiger partial charge in [-0.1, -0.05) is 37.3 Å². The lowest BCUT2D eigenvalue weighted by atomic mass is 9.85. The molecule has 0 radical (unpaired) electrons. The molecule has 1 atom stereocenters. The van der Waals surface area contributed by atoms with Crippen LogP contribution in [0.1, 0.15) is 31.7 Å². The summed E-state index contributed by atoms with van der Waals surface area (Å²) in [6.07, 6.45) is 4.30. The molecular weight excluding hydrogens is 246 g/mol. The number of hydrogen-bond acceptors (Lipinski definition) is 3. The second-order valence-corrected chi connectivity index (χ2v) is 7.37. The lowest BCUT2D eigenvalue weighted by Crippen LogP contribution is -2.41. The van der Waals surface area contributed by atoms with Gasteiger partial charge < -0.3 is 5.73 Å². The van der Waals surface area contributed by atoms with Crippen LogP contribution >= 0.6 is 0 Å². The molecule has 4 heteroatoms. The fraction of sp³-hybridized carbons (Fsp3) is 0.571. The van der Waals surface area contributed by atoms with Gasteiger partial charge in [-0.25, -0.2) is 8.42 Å². The van der Waals surface area contributed by atoms with Gasteiger partial charge in [-0.3, -0.25) is 0 Å². The SMILES string of the molecule is CCC(N)(CCCS(C)(=O)=O)Cc1ccccc1. The van der Waals surface area contributed by atoms with Gasteiger partial charge in [0.15, 0.2) is 0 Å². The van der Waals surface area contributed by atoms with Crippen LogP contribution in [0.25, 0.3) is 0 Å². The molecule has 0 saturated carbocycles. The molecule has 0 heterocycles. The van der Waals surface area contributed by atoms with E-state index in [1.54, 1.807) is 0 Å². The second-order valence-electron chi connectivity index (χ2n) is 5.11. The Balaban J connectivity index is 2.57. The van der Waals surface area contributed by atoms with Crippen LogP contribution in [0.4, 0.5) is 0 Å². The predicted octanol–water partition coefficient (Wildman–Crippen LogP) is 2.16. The Bertz CT molecular complexity index is 456. The highest BCUT2D eigenvalue weighted by Gasteiger charge is 2.23. The molecule has 3 nitrogen and oxygen atoms in total. The maximum absolute atomic E-state index is 11.1. The fourth-order valence-corrected chi connectivity index (χ4v) is 2.75. The van der Waals surface area contributed by atoms with Crippen molar-refractivity contribution in [1.82, 2.24) is 0 Å². The van der Waals surface area contributed by atoms with E-state index in [2.05, 4.69) is 19.1 Å². The van der Waals surface area contributed by atoms with Crippen molar-refractivity contribution in [3.63, 3.8) is 0 Å². The Labute approximate surface area is 110 Å². The van der Waals surface area contributed by atoms with Gasteiger partial charge in [-0.05, 0) is 31.2 Å². The lowest BCUT2D eigenvalue weighted by Gasteiger charge is -2.28. The number of benzene rings is 1. The van der Waals surface area contributed by atoms with Crippen molar-refractivity contribution in [1.29, 1.82) is 0 Å². The van der Waals surface area contributed by atoms with Crippen LogP contribution in [0.3, 0.4) is 0 Å². The number of sulfone groups is 1. The lowest BCUT2D eigenvalue weighted by molar-refractivity contribution is 0.373. The molecular formula is C14H23NO2S. The minimum Gasteiger partial charge on any atom is -0.325 e. The Morgan fingerprint density at radius 2 is 1.83 bits per heavy atom. The van der Waals surface area contributed by atoms with Gasteiger partial charge in [0.25, 0.3) is 0 Å². The summed E-state index contributed by atoms with van der Waals surface area (Å²) in [5, 5.41) is 0. The minimum atomic E-state index is -2.88. The van der Waals surface area contributed by atoms with E-state index >= 15 is 0 Å².